The van der Waals surface area contributed by atoms with Gasteiger partial charge in [-0.25, -0.2) is 0 Å². The molecule has 2 aliphatic carbocycles. The van der Waals surface area contributed by atoms with Crippen molar-refractivity contribution in [1.29, 1.82) is 21.2 Å². The van der Waals surface area contributed by atoms with Crippen LogP contribution in [0.2, 0.25) is 0 Å². The van der Waals surface area contributed by atoms with Crippen LogP contribution in [-0.2, 0) is 0 Å². The molecular formula is C20H18N4. The number of benzene rings is 1. The second kappa shape index (κ2) is 5.95. The van der Waals surface area contributed by atoms with Gasteiger partial charge < -0.3 is 5.41 Å². The molecule has 0 saturated heterocycles. The molecule has 4 heteroatoms. The van der Waals surface area contributed by atoms with Crippen LogP contribution in [0.5, 0.6) is 0 Å². The van der Waals surface area contributed by atoms with Crippen LogP contribution in [0.3, 0.4) is 0 Å². The maximum Gasteiger partial charge on any atom is 0.189 e. The van der Waals surface area contributed by atoms with E-state index < -0.39 is 17.3 Å². The molecule has 24 heavy (non-hydrogen) atoms. The SMILES string of the molecule is Cc1ccc([C@@H]2[C@@H]3CCCC=C3[C@H](C#N)C(=N)C2(C#N)C#N)cc1. The minimum atomic E-state index is -1.57. The van der Waals surface area contributed by atoms with Gasteiger partial charge in [-0.15, -0.1) is 0 Å². The molecule has 0 bridgehead atoms. The van der Waals surface area contributed by atoms with Crippen molar-refractivity contribution in [3.05, 3.63) is 47.0 Å². The van der Waals surface area contributed by atoms with E-state index in [9.17, 15) is 15.8 Å². The number of hydrogen-bond acceptors (Lipinski definition) is 4. The first-order valence-corrected chi connectivity index (χ1v) is 8.16. The van der Waals surface area contributed by atoms with Gasteiger partial charge in [0, 0.05) is 5.92 Å². The number of allylic oxidation sites excluding steroid dienone is 2. The van der Waals surface area contributed by atoms with Crippen molar-refractivity contribution in [1.82, 2.24) is 0 Å². The molecule has 0 unspecified atom stereocenters. The van der Waals surface area contributed by atoms with Gasteiger partial charge in [0.05, 0.1) is 23.9 Å². The van der Waals surface area contributed by atoms with Crippen LogP contribution in [0.4, 0.5) is 0 Å². The lowest BCUT2D eigenvalue weighted by Crippen LogP contribution is -2.48. The normalized spacial score (nSPS) is 27.8. The van der Waals surface area contributed by atoms with Crippen LogP contribution in [0.25, 0.3) is 0 Å². The summed E-state index contributed by atoms with van der Waals surface area (Å²) < 4.78 is 0. The van der Waals surface area contributed by atoms with Crippen molar-refractivity contribution in [2.45, 2.75) is 32.1 Å². The Balaban J connectivity index is 2.24. The van der Waals surface area contributed by atoms with Crippen LogP contribution in [-0.4, -0.2) is 5.71 Å². The minimum Gasteiger partial charge on any atom is -0.305 e. The molecule has 0 heterocycles. The van der Waals surface area contributed by atoms with Crippen LogP contribution in [0.15, 0.2) is 35.9 Å². The van der Waals surface area contributed by atoms with E-state index in [0.29, 0.717) is 0 Å². The van der Waals surface area contributed by atoms with Gasteiger partial charge in [-0.3, -0.25) is 0 Å². The third-order valence-corrected chi connectivity index (χ3v) is 5.36. The summed E-state index contributed by atoms with van der Waals surface area (Å²) >= 11 is 0. The van der Waals surface area contributed by atoms with Crippen molar-refractivity contribution in [2.24, 2.45) is 17.3 Å². The highest BCUT2D eigenvalue weighted by atomic mass is 14.6. The molecule has 1 N–H and O–H groups in total. The van der Waals surface area contributed by atoms with Gasteiger partial charge in [0.1, 0.15) is 5.92 Å². The molecule has 1 aromatic carbocycles. The summed E-state index contributed by atoms with van der Waals surface area (Å²) in [5.41, 5.74) is 1.31. The highest BCUT2D eigenvalue weighted by Gasteiger charge is 2.56. The molecule has 0 aliphatic heterocycles. The molecule has 0 amide bonds. The molecule has 3 rings (SSSR count). The fourth-order valence-electron chi connectivity index (χ4n) is 4.16. The Morgan fingerprint density at radius 1 is 1.12 bits per heavy atom. The van der Waals surface area contributed by atoms with E-state index in [2.05, 4.69) is 24.3 Å². The standard InChI is InChI=1S/C20H18N4/c1-13-6-8-14(9-7-13)18-16-5-3-2-4-15(16)17(10-21)19(24)20(18,11-22)12-23/h4,6-9,16-18,24H,2-3,5H2,1H3/t16-,17+,18-/m1/s1. The van der Waals surface area contributed by atoms with Crippen molar-refractivity contribution in [3.8, 4) is 18.2 Å². The zero-order chi connectivity index (χ0) is 17.3. The van der Waals surface area contributed by atoms with Crippen molar-refractivity contribution in [3.63, 3.8) is 0 Å². The fourth-order valence-corrected chi connectivity index (χ4v) is 4.16. The number of hydrogen-bond donors (Lipinski definition) is 1. The molecule has 2 aliphatic rings. The third-order valence-electron chi connectivity index (χ3n) is 5.36. The van der Waals surface area contributed by atoms with Crippen molar-refractivity contribution < 1.29 is 0 Å². The van der Waals surface area contributed by atoms with Gasteiger partial charge >= 0.3 is 0 Å². The third kappa shape index (κ3) is 2.14. The Morgan fingerprint density at radius 2 is 1.79 bits per heavy atom. The van der Waals surface area contributed by atoms with Crippen LogP contribution in [0, 0.1) is 63.6 Å². The van der Waals surface area contributed by atoms with E-state index >= 15 is 0 Å². The molecule has 0 radical (unpaired) electrons. The molecule has 1 aromatic rings. The summed E-state index contributed by atoms with van der Waals surface area (Å²) in [5.74, 6) is -1.17. The van der Waals surface area contributed by atoms with E-state index in [4.69, 9.17) is 5.41 Å². The highest BCUT2D eigenvalue weighted by molar-refractivity contribution is 6.00. The molecule has 1 saturated carbocycles. The van der Waals surface area contributed by atoms with Gasteiger partial charge in [-0.1, -0.05) is 35.9 Å². The molecule has 118 valence electrons. The Hall–Kier alpha value is -2.90. The first kappa shape index (κ1) is 16.0. The maximum atomic E-state index is 9.86. The summed E-state index contributed by atoms with van der Waals surface area (Å²) in [6, 6.07) is 14.2. The summed E-state index contributed by atoms with van der Waals surface area (Å²) in [6.45, 7) is 1.99. The number of nitrogens with zero attached hydrogens (tertiary/aromatic N) is 3. The van der Waals surface area contributed by atoms with Gasteiger partial charge in [0.2, 0.25) is 0 Å². The average molecular weight is 314 g/mol. The van der Waals surface area contributed by atoms with Crippen LogP contribution < -0.4 is 0 Å². The number of fused-ring (bicyclic) bond motifs is 1. The molecular weight excluding hydrogens is 296 g/mol. The number of aryl methyl sites for hydroxylation is 1. The van der Waals surface area contributed by atoms with E-state index in [0.717, 1.165) is 36.0 Å². The quantitative estimate of drug-likeness (QED) is 0.793. The number of rotatable bonds is 1. The first-order valence-electron chi connectivity index (χ1n) is 8.16. The predicted octanol–water partition coefficient (Wildman–Crippen LogP) is 4.01. The van der Waals surface area contributed by atoms with Crippen molar-refractivity contribution in [2.75, 3.05) is 0 Å². The van der Waals surface area contributed by atoms with Gasteiger partial charge in [0.15, 0.2) is 5.41 Å². The highest BCUT2D eigenvalue weighted by Crippen LogP contribution is 2.55. The molecule has 3 atom stereocenters. The van der Waals surface area contributed by atoms with Crippen LogP contribution in [0.1, 0.15) is 36.3 Å². The topological polar surface area (TPSA) is 95.2 Å². The Morgan fingerprint density at radius 3 is 2.38 bits per heavy atom. The molecule has 1 fully saturated rings. The zero-order valence-corrected chi connectivity index (χ0v) is 13.6. The average Bonchev–Trinajstić information content (AvgIpc) is 2.62. The summed E-state index contributed by atoms with van der Waals surface area (Å²) in [7, 11) is 0. The number of nitrogens with one attached hydrogen (secondary N) is 1. The van der Waals surface area contributed by atoms with Gasteiger partial charge in [-0.05, 0) is 43.2 Å². The van der Waals surface area contributed by atoms with E-state index in [1.165, 1.54) is 0 Å². The molecule has 4 nitrogen and oxygen atoms in total. The smallest absolute Gasteiger partial charge is 0.189 e. The number of nitriles is 3. The summed E-state index contributed by atoms with van der Waals surface area (Å²) in [5, 5.41) is 37.8. The Kier molecular flexibility index (Phi) is 3.96. The maximum absolute atomic E-state index is 9.86. The van der Waals surface area contributed by atoms with Gasteiger partial charge in [0.25, 0.3) is 0 Å². The van der Waals surface area contributed by atoms with E-state index in [-0.39, 0.29) is 11.6 Å². The fraction of sp³-hybridized carbons (Fsp3) is 0.400. The van der Waals surface area contributed by atoms with Gasteiger partial charge in [-0.2, -0.15) is 15.8 Å². The van der Waals surface area contributed by atoms with E-state index in [1.54, 1.807) is 0 Å². The Labute approximate surface area is 142 Å². The van der Waals surface area contributed by atoms with E-state index in [1.807, 2.05) is 31.2 Å². The Bertz CT molecular complexity index is 812. The summed E-state index contributed by atoms with van der Waals surface area (Å²) in [6.07, 6.45) is 4.77. The minimum absolute atomic E-state index is 0.0282. The lowest BCUT2D eigenvalue weighted by atomic mass is 9.53. The first-order chi connectivity index (χ1) is 11.6. The predicted molar refractivity (Wildman–Crippen MR) is 89.8 cm³/mol. The second-order valence-corrected chi connectivity index (χ2v) is 6.64. The lowest BCUT2D eigenvalue weighted by molar-refractivity contribution is 0.320. The zero-order valence-electron chi connectivity index (χ0n) is 13.6. The largest absolute Gasteiger partial charge is 0.305 e. The molecule has 0 aromatic heterocycles. The van der Waals surface area contributed by atoms with Crippen LogP contribution >= 0.6 is 0 Å². The second-order valence-electron chi connectivity index (χ2n) is 6.64. The summed E-state index contributed by atoms with van der Waals surface area (Å²) in [4.78, 5) is 0. The lowest BCUT2D eigenvalue weighted by Gasteiger charge is -2.45. The molecule has 0 spiro atoms. The van der Waals surface area contributed by atoms with Crippen molar-refractivity contribution >= 4 is 5.71 Å². The monoisotopic (exact) mass is 314 g/mol.